The maximum Gasteiger partial charge on any atom is 0.281 e. The minimum absolute atomic E-state index is 0.149. The van der Waals surface area contributed by atoms with E-state index in [9.17, 15) is 9.59 Å². The zero-order chi connectivity index (χ0) is 21.3. The van der Waals surface area contributed by atoms with Crippen LogP contribution in [0.4, 0.5) is 5.88 Å². The van der Waals surface area contributed by atoms with Crippen molar-refractivity contribution in [2.45, 2.75) is 26.7 Å². The van der Waals surface area contributed by atoms with Crippen LogP contribution in [0.3, 0.4) is 0 Å². The van der Waals surface area contributed by atoms with Gasteiger partial charge in [-0.2, -0.15) is 0 Å². The summed E-state index contributed by atoms with van der Waals surface area (Å²) in [4.78, 5) is 27.4. The van der Waals surface area contributed by atoms with Crippen LogP contribution in [0, 0.1) is 12.8 Å². The van der Waals surface area contributed by atoms with Gasteiger partial charge in [0.15, 0.2) is 6.54 Å². The summed E-state index contributed by atoms with van der Waals surface area (Å²) in [5, 5.41) is 3.73. The number of fused-ring (bicyclic) bond motifs is 1. The average Bonchev–Trinajstić information content (AvgIpc) is 2.70. The number of anilines is 1. The topological polar surface area (TPSA) is 63.8 Å². The molecule has 0 radical (unpaired) electrons. The second-order valence-electron chi connectivity index (χ2n) is 8.32. The van der Waals surface area contributed by atoms with E-state index in [0.717, 1.165) is 25.1 Å². The van der Waals surface area contributed by atoms with Gasteiger partial charge in [0.1, 0.15) is 5.58 Å². The summed E-state index contributed by atoms with van der Waals surface area (Å²) in [7, 11) is 0. The molecule has 1 amide bonds. The molecule has 1 aliphatic heterocycles. The number of hydrogen-bond donors (Lipinski definition) is 2. The summed E-state index contributed by atoms with van der Waals surface area (Å²) in [6, 6.07) is 12.5. The van der Waals surface area contributed by atoms with Crippen molar-refractivity contribution >= 4 is 34.4 Å². The molecular formula is C24H26ClN2O3+. The fourth-order valence-corrected chi connectivity index (χ4v) is 4.37. The minimum atomic E-state index is -0.211. The third kappa shape index (κ3) is 4.42. The van der Waals surface area contributed by atoms with Gasteiger partial charge in [0.2, 0.25) is 11.3 Å². The Hall–Kier alpha value is -2.63. The van der Waals surface area contributed by atoms with E-state index in [-0.39, 0.29) is 17.2 Å². The number of halogens is 1. The van der Waals surface area contributed by atoms with Crippen molar-refractivity contribution in [1.29, 1.82) is 0 Å². The normalized spacial score (nSPS) is 19.0. The maximum atomic E-state index is 13.3. The van der Waals surface area contributed by atoms with Crippen LogP contribution in [0.5, 0.6) is 0 Å². The Morgan fingerprint density at radius 3 is 2.73 bits per heavy atom. The Balaban J connectivity index is 1.73. The van der Waals surface area contributed by atoms with Crippen LogP contribution in [-0.4, -0.2) is 25.5 Å². The number of hydrogen-bond acceptors (Lipinski definition) is 3. The summed E-state index contributed by atoms with van der Waals surface area (Å²) in [6.07, 6.45) is 2.34. The number of carbonyl (C=O) groups is 1. The highest BCUT2D eigenvalue weighted by Crippen LogP contribution is 2.30. The van der Waals surface area contributed by atoms with E-state index in [4.69, 9.17) is 16.0 Å². The van der Waals surface area contributed by atoms with E-state index in [1.807, 2.05) is 31.2 Å². The van der Waals surface area contributed by atoms with E-state index in [2.05, 4.69) is 12.2 Å². The van der Waals surface area contributed by atoms with Crippen molar-refractivity contribution in [1.82, 2.24) is 0 Å². The van der Waals surface area contributed by atoms with Gasteiger partial charge in [0, 0.05) is 10.9 Å². The summed E-state index contributed by atoms with van der Waals surface area (Å²) >= 11 is 6.10. The molecule has 1 unspecified atom stereocenters. The van der Waals surface area contributed by atoms with Crippen LogP contribution >= 0.6 is 11.6 Å². The van der Waals surface area contributed by atoms with E-state index in [0.29, 0.717) is 39.6 Å². The molecule has 1 aliphatic rings. The smallest absolute Gasteiger partial charge is 0.281 e. The predicted octanol–water partition coefficient (Wildman–Crippen LogP) is 3.68. The highest BCUT2D eigenvalue weighted by atomic mass is 35.5. The second-order valence-corrected chi connectivity index (χ2v) is 8.75. The molecule has 1 aromatic heterocycles. The Bertz CT molecular complexity index is 1140. The summed E-state index contributed by atoms with van der Waals surface area (Å²) in [5.41, 5.74) is 2.32. The number of aryl methyl sites for hydroxylation is 1. The number of carbonyl (C=O) groups excluding carboxylic acids is 1. The van der Waals surface area contributed by atoms with Gasteiger partial charge in [-0.3, -0.25) is 14.9 Å². The van der Waals surface area contributed by atoms with Gasteiger partial charge in [-0.25, -0.2) is 0 Å². The molecule has 2 N–H and O–H groups in total. The number of amides is 1. The molecule has 6 heteroatoms. The first kappa shape index (κ1) is 20.6. The van der Waals surface area contributed by atoms with Crippen molar-refractivity contribution in [3.63, 3.8) is 0 Å². The zero-order valence-corrected chi connectivity index (χ0v) is 18.0. The second kappa shape index (κ2) is 8.62. The Morgan fingerprint density at radius 2 is 2.00 bits per heavy atom. The summed E-state index contributed by atoms with van der Waals surface area (Å²) in [5.74, 6) is 0.657. The molecule has 2 aromatic carbocycles. The highest BCUT2D eigenvalue weighted by molar-refractivity contribution is 6.31. The first-order valence-corrected chi connectivity index (χ1v) is 10.8. The SMILES string of the molecule is Cc1ccc(-c2c(NC(=O)C[NH+]3CCC[C@@H](C)C3)oc3ccc(Cl)cc3c2=O)cc1. The quantitative estimate of drug-likeness (QED) is 0.670. The van der Waals surface area contributed by atoms with Crippen LogP contribution in [0.25, 0.3) is 22.1 Å². The number of nitrogens with one attached hydrogen (secondary N) is 2. The van der Waals surface area contributed by atoms with Crippen LogP contribution in [0.1, 0.15) is 25.3 Å². The predicted molar refractivity (Wildman–Crippen MR) is 120 cm³/mol. The third-order valence-electron chi connectivity index (χ3n) is 5.72. The van der Waals surface area contributed by atoms with Crippen molar-refractivity contribution in [3.8, 4) is 11.1 Å². The van der Waals surface area contributed by atoms with Gasteiger partial charge in [-0.15, -0.1) is 0 Å². The number of rotatable bonds is 4. The first-order valence-electron chi connectivity index (χ1n) is 10.4. The zero-order valence-electron chi connectivity index (χ0n) is 17.3. The molecule has 156 valence electrons. The van der Waals surface area contributed by atoms with Crippen LogP contribution in [-0.2, 0) is 4.79 Å². The lowest BCUT2D eigenvalue weighted by molar-refractivity contribution is -0.900. The third-order valence-corrected chi connectivity index (χ3v) is 5.96. The van der Waals surface area contributed by atoms with Gasteiger partial charge in [0.05, 0.1) is 24.0 Å². The molecule has 1 fully saturated rings. The molecule has 1 saturated heterocycles. The van der Waals surface area contributed by atoms with E-state index < -0.39 is 0 Å². The Labute approximate surface area is 180 Å². The van der Waals surface area contributed by atoms with Crippen molar-refractivity contribution < 1.29 is 14.1 Å². The minimum Gasteiger partial charge on any atom is -0.439 e. The fraction of sp³-hybridized carbons (Fsp3) is 0.333. The maximum absolute atomic E-state index is 13.3. The number of piperidine rings is 1. The van der Waals surface area contributed by atoms with Crippen molar-refractivity contribution in [2.75, 3.05) is 25.0 Å². The Kier molecular flexibility index (Phi) is 5.93. The fourth-order valence-electron chi connectivity index (χ4n) is 4.19. The van der Waals surface area contributed by atoms with Gasteiger partial charge in [0.25, 0.3) is 5.91 Å². The molecule has 4 rings (SSSR count). The van der Waals surface area contributed by atoms with Gasteiger partial charge < -0.3 is 9.32 Å². The molecule has 5 nitrogen and oxygen atoms in total. The van der Waals surface area contributed by atoms with Gasteiger partial charge >= 0.3 is 0 Å². The van der Waals surface area contributed by atoms with E-state index in [1.165, 1.54) is 11.3 Å². The molecule has 2 heterocycles. The van der Waals surface area contributed by atoms with E-state index in [1.54, 1.807) is 18.2 Å². The average molecular weight is 426 g/mol. The van der Waals surface area contributed by atoms with Gasteiger partial charge in [-0.1, -0.05) is 48.4 Å². The van der Waals surface area contributed by atoms with Crippen LogP contribution < -0.4 is 15.6 Å². The summed E-state index contributed by atoms with van der Waals surface area (Å²) < 4.78 is 5.99. The molecule has 0 bridgehead atoms. The van der Waals surface area contributed by atoms with Crippen molar-refractivity contribution in [3.05, 3.63) is 63.3 Å². The molecule has 0 spiro atoms. The lowest BCUT2D eigenvalue weighted by Crippen LogP contribution is -3.14. The summed E-state index contributed by atoms with van der Waals surface area (Å²) in [6.45, 7) is 6.54. The molecule has 0 aliphatic carbocycles. The first-order chi connectivity index (χ1) is 14.4. The lowest BCUT2D eigenvalue weighted by Gasteiger charge is -2.27. The molecule has 30 heavy (non-hydrogen) atoms. The lowest BCUT2D eigenvalue weighted by atomic mass is 10.0. The molecule has 3 aromatic rings. The molecule has 2 atom stereocenters. The standard InChI is InChI=1S/C24H25ClN2O3/c1-15-5-7-17(8-6-15)22-23(29)19-12-18(25)9-10-20(19)30-24(22)26-21(28)14-27-11-3-4-16(2)13-27/h5-10,12,16H,3-4,11,13-14H2,1-2H3,(H,26,28)/p+1/t16-/m1/s1. The highest BCUT2D eigenvalue weighted by Gasteiger charge is 2.24. The molecule has 0 saturated carbocycles. The van der Waals surface area contributed by atoms with Crippen LogP contribution in [0.2, 0.25) is 5.02 Å². The molecular weight excluding hydrogens is 400 g/mol. The number of quaternary nitrogens is 1. The van der Waals surface area contributed by atoms with Gasteiger partial charge in [-0.05, 0) is 43.5 Å². The Morgan fingerprint density at radius 1 is 1.23 bits per heavy atom. The monoisotopic (exact) mass is 425 g/mol. The van der Waals surface area contributed by atoms with Crippen LogP contribution in [0.15, 0.2) is 51.7 Å². The number of benzene rings is 2. The van der Waals surface area contributed by atoms with E-state index >= 15 is 0 Å². The largest absolute Gasteiger partial charge is 0.439 e. The van der Waals surface area contributed by atoms with Crippen molar-refractivity contribution in [2.24, 2.45) is 5.92 Å². The number of likely N-dealkylation sites (tertiary alicyclic amines) is 1.